The first-order valence-corrected chi connectivity index (χ1v) is 7.19. The summed E-state index contributed by atoms with van der Waals surface area (Å²) in [5, 5.41) is 1.19. The highest BCUT2D eigenvalue weighted by Gasteiger charge is 2.14. The van der Waals surface area contributed by atoms with Crippen LogP contribution in [0.25, 0.3) is 10.9 Å². The van der Waals surface area contributed by atoms with Crippen LogP contribution in [0.3, 0.4) is 0 Å². The molecule has 0 unspecified atom stereocenters. The lowest BCUT2D eigenvalue weighted by molar-refractivity contribution is 0.152. The molecule has 0 atom stereocenters. The average molecular weight is 277 g/mol. The van der Waals surface area contributed by atoms with Crippen LogP contribution in [0.4, 0.5) is 5.69 Å². The molecule has 0 saturated carbocycles. The minimum atomic E-state index is 0.447. The van der Waals surface area contributed by atoms with Crippen molar-refractivity contribution in [2.24, 2.45) is 0 Å². The van der Waals surface area contributed by atoms with Gasteiger partial charge in [0.25, 0.3) is 0 Å². The Balaban J connectivity index is 2.09. The summed E-state index contributed by atoms with van der Waals surface area (Å²) in [4.78, 5) is 6.96. The summed E-state index contributed by atoms with van der Waals surface area (Å²) in [5.74, 6) is 0.447. The fourth-order valence-electron chi connectivity index (χ4n) is 2.53. The van der Waals surface area contributed by atoms with Gasteiger partial charge in [-0.2, -0.15) is 0 Å². The summed E-state index contributed by atoms with van der Waals surface area (Å²) in [5.41, 5.74) is 3.17. The molecule has 1 fully saturated rings. The van der Waals surface area contributed by atoms with Crippen LogP contribution >= 0.6 is 11.6 Å². The van der Waals surface area contributed by atoms with E-state index in [0.717, 1.165) is 43.9 Å². The van der Waals surface area contributed by atoms with E-state index < -0.39 is 0 Å². The number of anilines is 1. The van der Waals surface area contributed by atoms with Gasteiger partial charge in [-0.1, -0.05) is 18.2 Å². The molecule has 0 aliphatic carbocycles. The van der Waals surface area contributed by atoms with E-state index in [9.17, 15) is 0 Å². The van der Waals surface area contributed by atoms with Crippen molar-refractivity contribution in [1.29, 1.82) is 0 Å². The highest BCUT2D eigenvalue weighted by atomic mass is 35.5. The first-order valence-electron chi connectivity index (χ1n) is 6.66. The van der Waals surface area contributed by atoms with E-state index >= 15 is 0 Å². The molecule has 0 N–H and O–H groups in total. The SMILES string of the molecule is ClCc1cc(N2CCCOCC2)c2ccccc2n1. The highest BCUT2D eigenvalue weighted by molar-refractivity contribution is 6.17. The van der Waals surface area contributed by atoms with Crippen LogP contribution in [0.2, 0.25) is 0 Å². The predicted octanol–water partition coefficient (Wildman–Crippen LogP) is 3.20. The third-order valence-electron chi connectivity index (χ3n) is 3.45. The zero-order chi connectivity index (χ0) is 13.1. The Labute approximate surface area is 118 Å². The van der Waals surface area contributed by atoms with Gasteiger partial charge in [0.1, 0.15) is 0 Å². The molecule has 19 heavy (non-hydrogen) atoms. The van der Waals surface area contributed by atoms with Gasteiger partial charge in [-0.3, -0.25) is 4.98 Å². The first-order chi connectivity index (χ1) is 9.38. The molecule has 0 spiro atoms. The van der Waals surface area contributed by atoms with Crippen molar-refractivity contribution in [3.05, 3.63) is 36.0 Å². The molecule has 0 amide bonds. The van der Waals surface area contributed by atoms with E-state index in [2.05, 4.69) is 28.1 Å². The third kappa shape index (κ3) is 2.67. The Morgan fingerprint density at radius 1 is 1.21 bits per heavy atom. The number of hydrogen-bond acceptors (Lipinski definition) is 3. The van der Waals surface area contributed by atoms with Crippen molar-refractivity contribution < 1.29 is 4.74 Å². The van der Waals surface area contributed by atoms with Gasteiger partial charge < -0.3 is 9.64 Å². The normalized spacial score (nSPS) is 16.6. The molecule has 4 heteroatoms. The van der Waals surface area contributed by atoms with Gasteiger partial charge >= 0.3 is 0 Å². The van der Waals surface area contributed by atoms with Crippen molar-refractivity contribution in [1.82, 2.24) is 4.98 Å². The molecule has 1 aromatic carbocycles. The fraction of sp³-hybridized carbons (Fsp3) is 0.400. The average Bonchev–Trinajstić information content (AvgIpc) is 2.75. The molecule has 1 aromatic heterocycles. The summed E-state index contributed by atoms with van der Waals surface area (Å²) < 4.78 is 5.53. The number of nitrogens with zero attached hydrogens (tertiary/aromatic N) is 2. The van der Waals surface area contributed by atoms with E-state index in [1.807, 2.05) is 12.1 Å². The molecular formula is C15H17ClN2O. The van der Waals surface area contributed by atoms with Crippen LogP contribution in [0.15, 0.2) is 30.3 Å². The number of halogens is 1. The van der Waals surface area contributed by atoms with Gasteiger partial charge in [0.05, 0.1) is 23.7 Å². The lowest BCUT2D eigenvalue weighted by atomic mass is 10.1. The second kappa shape index (κ2) is 5.76. The molecule has 1 aliphatic heterocycles. The van der Waals surface area contributed by atoms with Gasteiger partial charge in [0, 0.05) is 30.8 Å². The molecule has 2 aromatic rings. The number of ether oxygens (including phenoxy) is 1. The van der Waals surface area contributed by atoms with Crippen molar-refractivity contribution in [2.45, 2.75) is 12.3 Å². The molecule has 1 saturated heterocycles. The Kier molecular flexibility index (Phi) is 3.85. The number of benzene rings is 1. The van der Waals surface area contributed by atoms with Crippen molar-refractivity contribution in [3.63, 3.8) is 0 Å². The minimum Gasteiger partial charge on any atom is -0.380 e. The van der Waals surface area contributed by atoms with Gasteiger partial charge in [0.15, 0.2) is 0 Å². The second-order valence-corrected chi connectivity index (χ2v) is 5.00. The van der Waals surface area contributed by atoms with Crippen molar-refractivity contribution >= 4 is 28.2 Å². The van der Waals surface area contributed by atoms with Gasteiger partial charge in [-0.15, -0.1) is 11.6 Å². The van der Waals surface area contributed by atoms with Gasteiger partial charge in [-0.05, 0) is 18.6 Å². The second-order valence-electron chi connectivity index (χ2n) is 4.74. The lowest BCUT2D eigenvalue weighted by Crippen LogP contribution is -2.26. The maximum absolute atomic E-state index is 5.96. The van der Waals surface area contributed by atoms with E-state index in [4.69, 9.17) is 16.3 Å². The smallest absolute Gasteiger partial charge is 0.0726 e. The maximum Gasteiger partial charge on any atom is 0.0726 e. The Morgan fingerprint density at radius 2 is 2.11 bits per heavy atom. The number of alkyl halides is 1. The molecule has 1 aliphatic rings. The highest BCUT2D eigenvalue weighted by Crippen LogP contribution is 2.28. The van der Waals surface area contributed by atoms with Crippen LogP contribution in [0, 0.1) is 0 Å². The number of hydrogen-bond donors (Lipinski definition) is 0. The Morgan fingerprint density at radius 3 is 3.00 bits per heavy atom. The monoisotopic (exact) mass is 276 g/mol. The van der Waals surface area contributed by atoms with Crippen molar-refractivity contribution in [3.8, 4) is 0 Å². The van der Waals surface area contributed by atoms with E-state index in [0.29, 0.717) is 5.88 Å². The van der Waals surface area contributed by atoms with Crippen LogP contribution in [0.5, 0.6) is 0 Å². The van der Waals surface area contributed by atoms with Crippen LogP contribution in [-0.4, -0.2) is 31.3 Å². The van der Waals surface area contributed by atoms with E-state index in [1.165, 1.54) is 11.1 Å². The molecule has 3 rings (SSSR count). The zero-order valence-electron chi connectivity index (χ0n) is 10.8. The minimum absolute atomic E-state index is 0.447. The maximum atomic E-state index is 5.96. The molecule has 0 bridgehead atoms. The lowest BCUT2D eigenvalue weighted by Gasteiger charge is -2.24. The van der Waals surface area contributed by atoms with Crippen molar-refractivity contribution in [2.75, 3.05) is 31.2 Å². The first kappa shape index (κ1) is 12.7. The molecule has 3 nitrogen and oxygen atoms in total. The van der Waals surface area contributed by atoms with Gasteiger partial charge in [0.2, 0.25) is 0 Å². The van der Waals surface area contributed by atoms with E-state index in [1.54, 1.807) is 0 Å². The molecule has 2 heterocycles. The molecule has 100 valence electrons. The number of aromatic nitrogens is 1. The number of fused-ring (bicyclic) bond motifs is 1. The Hall–Kier alpha value is -1.32. The summed E-state index contributed by atoms with van der Waals surface area (Å²) in [6.45, 7) is 3.58. The largest absolute Gasteiger partial charge is 0.380 e. The topological polar surface area (TPSA) is 25.4 Å². The fourth-order valence-corrected chi connectivity index (χ4v) is 2.66. The summed E-state index contributed by atoms with van der Waals surface area (Å²) >= 11 is 5.96. The third-order valence-corrected chi connectivity index (χ3v) is 3.72. The standard InChI is InChI=1S/C15H17ClN2O/c16-11-12-10-15(18-6-3-8-19-9-7-18)13-4-1-2-5-14(13)17-12/h1-2,4-5,10H,3,6-9,11H2. The summed E-state index contributed by atoms with van der Waals surface area (Å²) in [6.07, 6.45) is 1.06. The predicted molar refractivity (Wildman–Crippen MR) is 78.9 cm³/mol. The van der Waals surface area contributed by atoms with Crippen LogP contribution in [0.1, 0.15) is 12.1 Å². The summed E-state index contributed by atoms with van der Waals surface area (Å²) in [6, 6.07) is 10.4. The number of para-hydroxylation sites is 1. The van der Waals surface area contributed by atoms with Gasteiger partial charge in [-0.25, -0.2) is 0 Å². The molecule has 0 radical (unpaired) electrons. The van der Waals surface area contributed by atoms with E-state index in [-0.39, 0.29) is 0 Å². The van der Waals surface area contributed by atoms with Crippen LogP contribution < -0.4 is 4.90 Å². The number of rotatable bonds is 2. The zero-order valence-corrected chi connectivity index (χ0v) is 11.6. The Bertz CT molecular complexity index is 565. The quantitative estimate of drug-likeness (QED) is 0.788. The molecular weight excluding hydrogens is 260 g/mol. The summed E-state index contributed by atoms with van der Waals surface area (Å²) in [7, 11) is 0. The number of pyridine rings is 1. The van der Waals surface area contributed by atoms with Crippen LogP contribution in [-0.2, 0) is 10.6 Å².